The molecule has 1 saturated heterocycles. The third-order valence-electron chi connectivity index (χ3n) is 6.94. The molecule has 0 N–H and O–H groups in total. The Morgan fingerprint density at radius 3 is 2.25 bits per heavy atom. The van der Waals surface area contributed by atoms with Gasteiger partial charge in [-0.3, -0.25) is 9.69 Å². The van der Waals surface area contributed by atoms with E-state index in [4.69, 9.17) is 4.74 Å². The first kappa shape index (κ1) is 24.7. The van der Waals surface area contributed by atoms with E-state index in [0.717, 1.165) is 62.7 Å². The fourth-order valence-corrected chi connectivity index (χ4v) is 5.13. The number of hydrogen-bond acceptors (Lipinski definition) is 4. The molecule has 32 heavy (non-hydrogen) atoms. The highest BCUT2D eigenvalue weighted by Crippen LogP contribution is 2.43. The second-order valence-corrected chi connectivity index (χ2v) is 10.0. The van der Waals surface area contributed by atoms with Crippen LogP contribution in [0.15, 0.2) is 12.1 Å². The number of likely N-dealkylation sites (tertiary alicyclic amines) is 1. The number of hydrogen-bond donors (Lipinski definition) is 0. The van der Waals surface area contributed by atoms with Crippen LogP contribution in [0.2, 0.25) is 0 Å². The first-order chi connectivity index (χ1) is 15.2. The highest BCUT2D eigenvalue weighted by molar-refractivity contribution is 5.90. The van der Waals surface area contributed by atoms with Crippen LogP contribution in [0, 0.1) is 11.7 Å². The van der Waals surface area contributed by atoms with E-state index in [9.17, 15) is 14.0 Å². The standard InChI is InChI=1S/C26H39FN2O3/c1-17(2)29(18(3)4)25(30)16-28-12-10-19(11-13-28)6-7-21-14-24(27)23(26(31)32-5)15-22(21)20-8-9-20/h14-15,17-20H,6-13,16H2,1-5H3. The van der Waals surface area contributed by atoms with E-state index in [1.54, 1.807) is 12.1 Å². The number of halogens is 1. The average Bonchev–Trinajstić information content (AvgIpc) is 3.57. The van der Waals surface area contributed by atoms with Gasteiger partial charge in [0, 0.05) is 12.1 Å². The number of carbonyl (C=O) groups is 2. The van der Waals surface area contributed by atoms with Crippen LogP contribution in [-0.4, -0.2) is 60.5 Å². The molecule has 2 aliphatic rings. The maximum absolute atomic E-state index is 14.5. The summed E-state index contributed by atoms with van der Waals surface area (Å²) < 4.78 is 19.3. The Kier molecular flexibility index (Phi) is 8.32. The van der Waals surface area contributed by atoms with Crippen molar-refractivity contribution < 1.29 is 18.7 Å². The number of carbonyl (C=O) groups excluding carboxylic acids is 2. The second-order valence-electron chi connectivity index (χ2n) is 10.0. The molecule has 1 aromatic rings. The molecule has 5 nitrogen and oxygen atoms in total. The smallest absolute Gasteiger partial charge is 0.340 e. The predicted molar refractivity (Wildman–Crippen MR) is 124 cm³/mol. The second kappa shape index (κ2) is 10.8. The Hall–Kier alpha value is -1.95. The highest BCUT2D eigenvalue weighted by atomic mass is 19.1. The number of ether oxygens (including phenoxy) is 1. The van der Waals surface area contributed by atoms with Gasteiger partial charge in [-0.2, -0.15) is 0 Å². The number of rotatable bonds is 9. The van der Waals surface area contributed by atoms with Crippen LogP contribution in [0.3, 0.4) is 0 Å². The van der Waals surface area contributed by atoms with Crippen LogP contribution in [-0.2, 0) is 16.0 Å². The third-order valence-corrected chi connectivity index (χ3v) is 6.94. The quantitative estimate of drug-likeness (QED) is 0.512. The van der Waals surface area contributed by atoms with Gasteiger partial charge in [-0.15, -0.1) is 0 Å². The summed E-state index contributed by atoms with van der Waals surface area (Å²) in [5, 5.41) is 0. The largest absolute Gasteiger partial charge is 0.465 e. The molecule has 0 unspecified atom stereocenters. The molecular weight excluding hydrogens is 407 g/mol. The van der Waals surface area contributed by atoms with Crippen LogP contribution in [0.5, 0.6) is 0 Å². The van der Waals surface area contributed by atoms with Crippen LogP contribution in [0.4, 0.5) is 4.39 Å². The minimum Gasteiger partial charge on any atom is -0.465 e. The lowest BCUT2D eigenvalue weighted by atomic mass is 9.88. The van der Waals surface area contributed by atoms with Gasteiger partial charge in [-0.1, -0.05) is 0 Å². The van der Waals surface area contributed by atoms with E-state index in [-0.39, 0.29) is 23.6 Å². The average molecular weight is 447 g/mol. The van der Waals surface area contributed by atoms with Gasteiger partial charge < -0.3 is 9.64 Å². The van der Waals surface area contributed by atoms with Gasteiger partial charge in [0.05, 0.1) is 19.2 Å². The van der Waals surface area contributed by atoms with Crippen molar-refractivity contribution in [2.24, 2.45) is 5.92 Å². The minimum atomic E-state index is -0.605. The first-order valence-electron chi connectivity index (χ1n) is 12.1. The van der Waals surface area contributed by atoms with Gasteiger partial charge in [-0.05, 0) is 114 Å². The zero-order valence-corrected chi connectivity index (χ0v) is 20.3. The van der Waals surface area contributed by atoms with Crippen molar-refractivity contribution >= 4 is 11.9 Å². The fraction of sp³-hybridized carbons (Fsp3) is 0.692. The molecule has 1 aliphatic heterocycles. The van der Waals surface area contributed by atoms with E-state index >= 15 is 0 Å². The zero-order chi connectivity index (χ0) is 23.4. The lowest BCUT2D eigenvalue weighted by Gasteiger charge is -2.36. The van der Waals surface area contributed by atoms with Gasteiger partial charge in [0.15, 0.2) is 0 Å². The Bertz CT molecular complexity index is 804. The zero-order valence-electron chi connectivity index (χ0n) is 20.3. The molecule has 1 saturated carbocycles. The third kappa shape index (κ3) is 6.09. The van der Waals surface area contributed by atoms with Crippen molar-refractivity contribution in [1.82, 2.24) is 9.80 Å². The van der Waals surface area contributed by atoms with Gasteiger partial charge in [0.2, 0.25) is 5.91 Å². The van der Waals surface area contributed by atoms with Crippen molar-refractivity contribution in [1.29, 1.82) is 0 Å². The summed E-state index contributed by atoms with van der Waals surface area (Å²) in [6, 6.07) is 3.70. The number of methoxy groups -OCH3 is 1. The van der Waals surface area contributed by atoms with Crippen LogP contribution in [0.1, 0.15) is 87.2 Å². The van der Waals surface area contributed by atoms with Crippen LogP contribution >= 0.6 is 0 Å². The molecule has 0 bridgehead atoms. The minimum absolute atomic E-state index is 0.0490. The highest BCUT2D eigenvalue weighted by Gasteiger charge is 2.30. The molecule has 1 aromatic carbocycles. The number of amides is 1. The van der Waals surface area contributed by atoms with E-state index < -0.39 is 11.8 Å². The number of esters is 1. The number of benzene rings is 1. The summed E-state index contributed by atoms with van der Waals surface area (Å²) in [7, 11) is 1.29. The Labute approximate surface area is 192 Å². The summed E-state index contributed by atoms with van der Waals surface area (Å²) in [5.41, 5.74) is 2.21. The monoisotopic (exact) mass is 446 g/mol. The lowest BCUT2D eigenvalue weighted by Crippen LogP contribution is -2.48. The normalized spacial score (nSPS) is 17.8. The molecule has 0 aromatic heterocycles. The summed E-state index contributed by atoms with van der Waals surface area (Å²) in [5.74, 6) is 0.161. The summed E-state index contributed by atoms with van der Waals surface area (Å²) in [6.07, 6.45) is 6.20. The molecule has 0 atom stereocenters. The van der Waals surface area contributed by atoms with Crippen LogP contribution < -0.4 is 0 Å². The van der Waals surface area contributed by atoms with E-state index in [2.05, 4.69) is 32.6 Å². The van der Waals surface area contributed by atoms with Crippen molar-refractivity contribution in [3.05, 3.63) is 34.6 Å². The molecular formula is C26H39FN2O3. The summed E-state index contributed by atoms with van der Waals surface area (Å²) in [4.78, 5) is 28.9. The number of piperidine rings is 1. The van der Waals surface area contributed by atoms with Gasteiger partial charge in [0.1, 0.15) is 5.82 Å². The number of nitrogens with zero attached hydrogens (tertiary/aromatic N) is 2. The topological polar surface area (TPSA) is 49.9 Å². The summed E-state index contributed by atoms with van der Waals surface area (Å²) in [6.45, 7) is 10.6. The Morgan fingerprint density at radius 2 is 1.72 bits per heavy atom. The fourth-order valence-electron chi connectivity index (χ4n) is 5.13. The molecule has 178 valence electrons. The maximum atomic E-state index is 14.5. The summed E-state index contributed by atoms with van der Waals surface area (Å²) >= 11 is 0. The maximum Gasteiger partial charge on any atom is 0.340 e. The SMILES string of the molecule is COC(=O)c1cc(C2CC2)c(CCC2CCN(CC(=O)N(C(C)C)C(C)C)CC2)cc1F. The van der Waals surface area contributed by atoms with Crippen LogP contribution in [0.25, 0.3) is 0 Å². The predicted octanol–water partition coefficient (Wildman–Crippen LogP) is 4.78. The first-order valence-corrected chi connectivity index (χ1v) is 12.1. The molecule has 1 amide bonds. The van der Waals surface area contributed by atoms with E-state index in [1.165, 1.54) is 7.11 Å². The molecule has 6 heteroatoms. The van der Waals surface area contributed by atoms with Crippen molar-refractivity contribution in [2.75, 3.05) is 26.7 Å². The van der Waals surface area contributed by atoms with Gasteiger partial charge in [0.25, 0.3) is 0 Å². The van der Waals surface area contributed by atoms with Gasteiger partial charge >= 0.3 is 5.97 Å². The van der Waals surface area contributed by atoms with Crippen molar-refractivity contribution in [2.45, 2.75) is 84.2 Å². The lowest BCUT2D eigenvalue weighted by molar-refractivity contribution is -0.136. The Balaban J connectivity index is 1.54. The van der Waals surface area contributed by atoms with E-state index in [1.807, 2.05) is 4.90 Å². The van der Waals surface area contributed by atoms with Crippen molar-refractivity contribution in [3.63, 3.8) is 0 Å². The van der Waals surface area contributed by atoms with Gasteiger partial charge in [-0.25, -0.2) is 9.18 Å². The molecule has 1 aliphatic carbocycles. The number of aryl methyl sites for hydroxylation is 1. The van der Waals surface area contributed by atoms with Crippen molar-refractivity contribution in [3.8, 4) is 0 Å². The molecule has 0 radical (unpaired) electrons. The molecule has 3 rings (SSSR count). The molecule has 0 spiro atoms. The molecule has 1 heterocycles. The Morgan fingerprint density at radius 1 is 1.09 bits per heavy atom. The molecule has 2 fully saturated rings. The van der Waals surface area contributed by atoms with E-state index in [0.29, 0.717) is 18.4 Å².